The second-order valence-electron chi connectivity index (χ2n) is 38.6. The molecule has 25 rings (SSSR count). The van der Waals surface area contributed by atoms with Gasteiger partial charge in [-0.3, -0.25) is 0 Å². The molecule has 4 fully saturated rings. The number of anilines is 8. The van der Waals surface area contributed by atoms with E-state index in [1.807, 2.05) is 0 Å². The van der Waals surface area contributed by atoms with Crippen LogP contribution in [0.25, 0.3) is 131 Å². The third kappa shape index (κ3) is 8.52. The van der Waals surface area contributed by atoms with Gasteiger partial charge in [0.15, 0.2) is 0 Å². The third-order valence-electron chi connectivity index (χ3n) is 33.7. The molecule has 8 atom stereocenters. The summed E-state index contributed by atoms with van der Waals surface area (Å²) in [7, 11) is 0. The number of rotatable bonds is 10. The summed E-state index contributed by atoms with van der Waals surface area (Å²) >= 11 is 0. The van der Waals surface area contributed by atoms with Crippen molar-refractivity contribution in [2.45, 2.75) is 176 Å². The second-order valence-corrected chi connectivity index (χ2v) is 38.6. The first kappa shape index (κ1) is 69.2. The van der Waals surface area contributed by atoms with Gasteiger partial charge in [-0.2, -0.15) is 0 Å². The average Bonchev–Trinajstić information content (AvgIpc) is 1.50. The molecule has 4 heterocycles. The molecule has 8 aliphatic rings. The zero-order valence-corrected chi connectivity index (χ0v) is 69.1. The Morgan fingerprint density at radius 2 is 0.415 bits per heavy atom. The van der Waals surface area contributed by atoms with Crippen LogP contribution in [0.3, 0.4) is 0 Å². The van der Waals surface area contributed by atoms with E-state index in [1.54, 1.807) is 0 Å². The highest BCUT2D eigenvalue weighted by atomic mass is 15.3. The summed E-state index contributed by atoms with van der Waals surface area (Å²) in [5.41, 5.74) is 31.2. The molecular formula is C114H98N4. The summed E-state index contributed by atoms with van der Waals surface area (Å²) in [6.45, 7) is 20.6. The van der Waals surface area contributed by atoms with Crippen LogP contribution in [-0.4, -0.2) is 22.2 Å². The fourth-order valence-corrected chi connectivity index (χ4v) is 27.3. The van der Waals surface area contributed by atoms with Crippen LogP contribution in [0, 0.1) is 0 Å². The first-order valence-corrected chi connectivity index (χ1v) is 44.1. The Labute approximate surface area is 693 Å². The van der Waals surface area contributed by atoms with Crippen molar-refractivity contribution in [2.75, 3.05) is 19.6 Å². The molecule has 0 bridgehead atoms. The monoisotopic (exact) mass is 1520 g/mol. The Morgan fingerprint density at radius 3 is 0.644 bits per heavy atom. The minimum Gasteiger partial charge on any atom is -0.334 e. The quantitative estimate of drug-likeness (QED) is 0.135. The fraction of sp³-hybridized carbons (Fsp3) is 0.246. The SMILES string of the molecule is CC12CCCC1(C)N(c1ccccc1)c1ccc(-c3ccc4c5c(-c6ccccc6)c6c7ccc(-c8ccc9c(c8)C8(C)CCCC8(C)N9c8ccccc8)c8c(-c9ccc%10c(c9)C9(C)CCCC9(C)N%10c9ccccc9)ccc(c6c(-c6ccccc6)c5c5ccc(-c6ccc9c(c6)C6(C)CCCC6(C)N9c6ccccc6)c3c45)c87)cc12. The molecule has 0 aromatic heterocycles. The summed E-state index contributed by atoms with van der Waals surface area (Å²) in [6.07, 6.45) is 14.0. The molecule has 0 radical (unpaired) electrons. The Bertz CT molecular complexity index is 6300. The normalized spacial score (nSPS) is 25.8. The molecule has 0 saturated heterocycles. The van der Waals surface area contributed by atoms with Crippen LogP contribution in [0.2, 0.25) is 0 Å². The summed E-state index contributed by atoms with van der Waals surface area (Å²) in [4.78, 5) is 10.9. The van der Waals surface area contributed by atoms with Gasteiger partial charge in [-0.25, -0.2) is 0 Å². The van der Waals surface area contributed by atoms with Crippen molar-refractivity contribution in [3.63, 3.8) is 0 Å². The van der Waals surface area contributed by atoms with E-state index in [9.17, 15) is 0 Å². The largest absolute Gasteiger partial charge is 0.334 e. The van der Waals surface area contributed by atoms with Crippen molar-refractivity contribution in [3.05, 3.63) is 326 Å². The first-order valence-electron chi connectivity index (χ1n) is 44.1. The molecule has 574 valence electrons. The maximum absolute atomic E-state index is 2.72. The number of para-hydroxylation sites is 4. The van der Waals surface area contributed by atoms with Gasteiger partial charge in [-0.05, 0) is 330 Å². The standard InChI is InChI=1S/C114H98N4/c1-107-59-27-63-111(107,5)115(77-35-19-11-20-36-77)93-55-43-73(67-89(93)107)81-47-51-85-101-86(52-48-82(99(81)101)74-44-56-94-90(68-74)108(2)60-28-64-112(108,6)116(94)78-37-21-12-22-38-78)104-98(72-33-17-10-18-34-72)106-88-54-50-84(76-46-58-96-92(70-76)110(4)62-30-66-114(110,8)118(96)80-41-25-14-26-42-80)100-83(49-53-87(102(88)100)105(106)97(103(85)104)71-31-15-9-16-32-71)75-45-57-95-91(69-75)109(3)61-29-65-113(109,7)117(95)79-39-23-13-24-40-79/h9-26,31-58,67-70H,27-30,59-66H2,1-8H3. The second kappa shape index (κ2) is 23.9. The van der Waals surface area contributed by atoms with Crippen molar-refractivity contribution in [2.24, 2.45) is 0 Å². The predicted octanol–water partition coefficient (Wildman–Crippen LogP) is 30.9. The molecule has 4 nitrogen and oxygen atoms in total. The Morgan fingerprint density at radius 1 is 0.195 bits per heavy atom. The van der Waals surface area contributed by atoms with Gasteiger partial charge >= 0.3 is 0 Å². The zero-order chi connectivity index (χ0) is 78.9. The molecule has 4 aliphatic heterocycles. The van der Waals surface area contributed by atoms with E-state index in [-0.39, 0.29) is 43.8 Å². The number of nitrogens with zero attached hydrogens (tertiary/aromatic N) is 4. The molecule has 4 aliphatic carbocycles. The van der Waals surface area contributed by atoms with Crippen molar-refractivity contribution in [3.8, 4) is 66.8 Å². The number of hydrogen-bond acceptors (Lipinski definition) is 4. The summed E-state index contributed by atoms with van der Waals surface area (Å²) in [6, 6.07) is 119. The lowest BCUT2D eigenvalue weighted by molar-refractivity contribution is 0.330. The van der Waals surface area contributed by atoms with Crippen LogP contribution in [0.1, 0.15) is 155 Å². The summed E-state index contributed by atoms with van der Waals surface area (Å²) < 4.78 is 0. The Hall–Kier alpha value is -12.0. The van der Waals surface area contributed by atoms with Gasteiger partial charge in [0, 0.05) is 67.2 Å². The lowest BCUT2D eigenvalue weighted by Gasteiger charge is -2.42. The van der Waals surface area contributed by atoms with Gasteiger partial charge in [0.2, 0.25) is 0 Å². The van der Waals surface area contributed by atoms with Crippen molar-refractivity contribution in [1.82, 2.24) is 0 Å². The molecule has 118 heavy (non-hydrogen) atoms. The van der Waals surface area contributed by atoms with E-state index in [1.165, 1.54) is 225 Å². The van der Waals surface area contributed by atoms with Crippen LogP contribution >= 0.6 is 0 Å². The summed E-state index contributed by atoms with van der Waals surface area (Å²) in [5.74, 6) is 0. The van der Waals surface area contributed by atoms with Gasteiger partial charge in [0.1, 0.15) is 0 Å². The van der Waals surface area contributed by atoms with Gasteiger partial charge in [-0.1, -0.05) is 260 Å². The van der Waals surface area contributed by atoms with Gasteiger partial charge in [-0.15, -0.1) is 0 Å². The average molecular weight is 1520 g/mol. The van der Waals surface area contributed by atoms with Gasteiger partial charge < -0.3 is 19.6 Å². The highest BCUT2D eigenvalue weighted by Crippen LogP contribution is 2.69. The topological polar surface area (TPSA) is 13.0 Å². The molecule has 0 N–H and O–H groups in total. The highest BCUT2D eigenvalue weighted by molar-refractivity contribution is 6.48. The lowest BCUT2D eigenvalue weighted by atomic mass is 9.71. The minimum absolute atomic E-state index is 0.0599. The van der Waals surface area contributed by atoms with E-state index in [0.717, 1.165) is 51.4 Å². The molecule has 0 amide bonds. The number of benzene rings is 15. The maximum Gasteiger partial charge on any atom is 0.0517 e. The minimum atomic E-state index is -0.0759. The van der Waals surface area contributed by atoms with E-state index >= 15 is 0 Å². The van der Waals surface area contributed by atoms with Crippen LogP contribution in [-0.2, 0) is 21.7 Å². The molecule has 4 saturated carbocycles. The maximum atomic E-state index is 2.72. The van der Waals surface area contributed by atoms with E-state index in [2.05, 4.69) is 378 Å². The van der Waals surface area contributed by atoms with Crippen LogP contribution < -0.4 is 19.6 Å². The van der Waals surface area contributed by atoms with E-state index in [0.29, 0.717) is 0 Å². The Kier molecular flexibility index (Phi) is 14.0. The lowest BCUT2D eigenvalue weighted by Crippen LogP contribution is -2.48. The van der Waals surface area contributed by atoms with Gasteiger partial charge in [0.25, 0.3) is 0 Å². The summed E-state index contributed by atoms with van der Waals surface area (Å²) in [5, 5.41) is 15.9. The van der Waals surface area contributed by atoms with E-state index < -0.39 is 0 Å². The molecule has 4 heteroatoms. The number of hydrogen-bond donors (Lipinski definition) is 0. The smallest absolute Gasteiger partial charge is 0.0517 e. The van der Waals surface area contributed by atoms with E-state index in [4.69, 9.17) is 0 Å². The van der Waals surface area contributed by atoms with Crippen LogP contribution in [0.4, 0.5) is 45.5 Å². The van der Waals surface area contributed by atoms with Crippen molar-refractivity contribution < 1.29 is 0 Å². The van der Waals surface area contributed by atoms with Crippen molar-refractivity contribution in [1.29, 1.82) is 0 Å². The fourth-order valence-electron chi connectivity index (χ4n) is 27.3. The third-order valence-corrected chi connectivity index (χ3v) is 33.7. The Balaban J connectivity index is 0.794. The molecule has 0 spiro atoms. The first-order chi connectivity index (χ1) is 57.5. The van der Waals surface area contributed by atoms with Crippen LogP contribution in [0.5, 0.6) is 0 Å². The van der Waals surface area contributed by atoms with Crippen LogP contribution in [0.15, 0.2) is 303 Å². The number of fused-ring (bicyclic) bond motifs is 18. The highest BCUT2D eigenvalue weighted by Gasteiger charge is 2.63. The molecule has 17 aromatic carbocycles. The van der Waals surface area contributed by atoms with Gasteiger partial charge in [0.05, 0.1) is 22.2 Å². The zero-order valence-electron chi connectivity index (χ0n) is 69.1. The predicted molar refractivity (Wildman–Crippen MR) is 499 cm³/mol. The van der Waals surface area contributed by atoms with Crippen molar-refractivity contribution >= 4 is 110 Å². The molecule has 17 aromatic rings. The molecular weight excluding hydrogens is 1430 g/mol. The molecule has 8 unspecified atom stereocenters.